The van der Waals surface area contributed by atoms with Crippen LogP contribution < -0.4 is 14.8 Å². The number of nitrogens with zero attached hydrogens (tertiary/aromatic N) is 1. The molecule has 3 rings (SSSR count). The molecule has 2 aromatic carbocycles. The molecule has 0 saturated carbocycles. The van der Waals surface area contributed by atoms with Gasteiger partial charge in [0.25, 0.3) is 15.9 Å². The zero-order chi connectivity index (χ0) is 20.9. The van der Waals surface area contributed by atoms with E-state index in [1.165, 1.54) is 25.3 Å². The number of amides is 1. The molecule has 29 heavy (non-hydrogen) atoms. The quantitative estimate of drug-likeness (QED) is 0.544. The van der Waals surface area contributed by atoms with Gasteiger partial charge in [-0.15, -0.1) is 0 Å². The molecule has 9 heteroatoms. The van der Waals surface area contributed by atoms with E-state index in [2.05, 4.69) is 31.0 Å². The molecule has 150 valence electrons. The molecule has 3 aromatic rings. The Labute approximate surface area is 177 Å². The number of nitrogens with one attached hydrogen (secondary N) is 2. The molecule has 0 saturated heterocycles. The van der Waals surface area contributed by atoms with Crippen molar-refractivity contribution in [3.05, 3.63) is 82.5 Å². The molecule has 1 amide bonds. The first-order valence-corrected chi connectivity index (χ1v) is 10.8. The summed E-state index contributed by atoms with van der Waals surface area (Å²) in [5.74, 6) is 0.0874. The second-order valence-corrected chi connectivity index (χ2v) is 8.59. The first-order valence-electron chi connectivity index (χ1n) is 8.53. The van der Waals surface area contributed by atoms with Crippen molar-refractivity contribution in [2.75, 3.05) is 11.8 Å². The van der Waals surface area contributed by atoms with Gasteiger partial charge in [0, 0.05) is 34.0 Å². The summed E-state index contributed by atoms with van der Waals surface area (Å²) in [6.07, 6.45) is 1.60. The predicted molar refractivity (Wildman–Crippen MR) is 113 cm³/mol. The summed E-state index contributed by atoms with van der Waals surface area (Å²) in [5, 5.41) is 2.78. The number of pyridine rings is 1. The Kier molecular flexibility index (Phi) is 6.50. The van der Waals surface area contributed by atoms with Gasteiger partial charge in [0.2, 0.25) is 5.88 Å². The standard InChI is InChI=1S/C20H18BrN3O4S/c1-28-20-15(5-3-11-22-20)13-23-19(25)14-4-2-6-17(12-14)24-29(26,27)18-9-7-16(21)8-10-18/h2-12,24H,13H2,1H3,(H,23,25). The molecule has 0 fully saturated rings. The number of halogens is 1. The Balaban J connectivity index is 1.71. The average molecular weight is 476 g/mol. The average Bonchev–Trinajstić information content (AvgIpc) is 2.72. The van der Waals surface area contributed by atoms with Crippen LogP contribution in [0.2, 0.25) is 0 Å². The Hall–Kier alpha value is -2.91. The molecule has 0 aliphatic heterocycles. The lowest BCUT2D eigenvalue weighted by Gasteiger charge is -2.11. The van der Waals surface area contributed by atoms with Crippen molar-refractivity contribution in [1.82, 2.24) is 10.3 Å². The van der Waals surface area contributed by atoms with E-state index in [9.17, 15) is 13.2 Å². The van der Waals surface area contributed by atoms with E-state index in [1.807, 2.05) is 0 Å². The van der Waals surface area contributed by atoms with Gasteiger partial charge < -0.3 is 10.1 Å². The third-order valence-corrected chi connectivity index (χ3v) is 5.91. The van der Waals surface area contributed by atoms with Crippen LogP contribution in [0, 0.1) is 0 Å². The summed E-state index contributed by atoms with van der Waals surface area (Å²) in [5.41, 5.74) is 1.35. The topological polar surface area (TPSA) is 97.4 Å². The van der Waals surface area contributed by atoms with Crippen LogP contribution in [0.15, 0.2) is 76.2 Å². The van der Waals surface area contributed by atoms with Gasteiger partial charge in [-0.3, -0.25) is 9.52 Å². The van der Waals surface area contributed by atoms with Crippen LogP contribution in [0.5, 0.6) is 5.88 Å². The first kappa shape index (κ1) is 20.8. The van der Waals surface area contributed by atoms with Crippen LogP contribution in [0.3, 0.4) is 0 Å². The number of methoxy groups -OCH3 is 1. The van der Waals surface area contributed by atoms with E-state index in [4.69, 9.17) is 4.74 Å². The van der Waals surface area contributed by atoms with Gasteiger partial charge in [0.1, 0.15) is 0 Å². The van der Waals surface area contributed by atoms with Gasteiger partial charge >= 0.3 is 0 Å². The molecule has 0 bridgehead atoms. The summed E-state index contributed by atoms with van der Waals surface area (Å²) < 4.78 is 33.5. The molecular formula is C20H18BrN3O4S. The van der Waals surface area contributed by atoms with Crippen molar-refractivity contribution >= 4 is 37.5 Å². The van der Waals surface area contributed by atoms with Gasteiger partial charge in [-0.1, -0.05) is 28.1 Å². The molecular weight excluding hydrogens is 458 g/mol. The zero-order valence-electron chi connectivity index (χ0n) is 15.4. The maximum atomic E-state index is 12.5. The molecule has 7 nitrogen and oxygen atoms in total. The maximum absolute atomic E-state index is 12.5. The van der Waals surface area contributed by atoms with Gasteiger partial charge in [0.05, 0.1) is 12.0 Å². The largest absolute Gasteiger partial charge is 0.481 e. The van der Waals surface area contributed by atoms with Crippen LogP contribution in [0.4, 0.5) is 5.69 Å². The molecule has 2 N–H and O–H groups in total. The van der Waals surface area contributed by atoms with Crippen LogP contribution in [0.1, 0.15) is 15.9 Å². The molecule has 0 atom stereocenters. The second-order valence-electron chi connectivity index (χ2n) is 5.99. The minimum Gasteiger partial charge on any atom is -0.481 e. The molecule has 0 unspecified atom stereocenters. The normalized spacial score (nSPS) is 11.0. The molecule has 0 aliphatic rings. The monoisotopic (exact) mass is 475 g/mol. The van der Waals surface area contributed by atoms with E-state index < -0.39 is 10.0 Å². The number of aromatic nitrogens is 1. The molecule has 0 radical (unpaired) electrons. The SMILES string of the molecule is COc1ncccc1CNC(=O)c1cccc(NS(=O)(=O)c2ccc(Br)cc2)c1. The molecule has 0 aliphatic carbocycles. The summed E-state index contributed by atoms with van der Waals surface area (Å²) in [4.78, 5) is 16.7. The number of hydrogen-bond acceptors (Lipinski definition) is 5. The highest BCUT2D eigenvalue weighted by Crippen LogP contribution is 2.20. The molecule has 1 aromatic heterocycles. The highest BCUT2D eigenvalue weighted by molar-refractivity contribution is 9.10. The number of anilines is 1. The van der Waals surface area contributed by atoms with Crippen LogP contribution in [0.25, 0.3) is 0 Å². The lowest BCUT2D eigenvalue weighted by Crippen LogP contribution is -2.23. The first-order chi connectivity index (χ1) is 13.9. The smallest absolute Gasteiger partial charge is 0.261 e. The van der Waals surface area contributed by atoms with Crippen molar-refractivity contribution in [2.24, 2.45) is 0 Å². The van der Waals surface area contributed by atoms with E-state index in [-0.39, 0.29) is 17.3 Å². The highest BCUT2D eigenvalue weighted by atomic mass is 79.9. The van der Waals surface area contributed by atoms with Crippen LogP contribution in [-0.4, -0.2) is 26.4 Å². The van der Waals surface area contributed by atoms with Crippen molar-refractivity contribution in [1.29, 1.82) is 0 Å². The van der Waals surface area contributed by atoms with Crippen LogP contribution >= 0.6 is 15.9 Å². The second kappa shape index (κ2) is 9.06. The van der Waals surface area contributed by atoms with E-state index in [0.717, 1.165) is 10.0 Å². The molecule has 0 spiro atoms. The fourth-order valence-electron chi connectivity index (χ4n) is 2.57. The Bertz CT molecular complexity index is 1120. The predicted octanol–water partition coefficient (Wildman–Crippen LogP) is 3.58. The lowest BCUT2D eigenvalue weighted by atomic mass is 10.2. The third-order valence-electron chi connectivity index (χ3n) is 3.98. The number of rotatable bonds is 7. The summed E-state index contributed by atoms with van der Waals surface area (Å²) in [6, 6.07) is 16.1. The van der Waals surface area contributed by atoms with E-state index >= 15 is 0 Å². The lowest BCUT2D eigenvalue weighted by molar-refractivity contribution is 0.0950. The Morgan fingerprint density at radius 1 is 1.10 bits per heavy atom. The van der Waals surface area contributed by atoms with Gasteiger partial charge in [-0.2, -0.15) is 0 Å². The number of hydrogen-bond donors (Lipinski definition) is 2. The molecule has 1 heterocycles. The number of carbonyl (C=O) groups is 1. The van der Waals surface area contributed by atoms with Gasteiger partial charge in [-0.25, -0.2) is 13.4 Å². The van der Waals surface area contributed by atoms with Crippen LogP contribution in [-0.2, 0) is 16.6 Å². The zero-order valence-corrected chi connectivity index (χ0v) is 17.8. The summed E-state index contributed by atoms with van der Waals surface area (Å²) in [6.45, 7) is 0.227. The Morgan fingerprint density at radius 3 is 2.59 bits per heavy atom. The third kappa shape index (κ3) is 5.33. The number of carbonyl (C=O) groups excluding carboxylic acids is 1. The summed E-state index contributed by atoms with van der Waals surface area (Å²) in [7, 11) is -2.26. The number of ether oxygens (including phenoxy) is 1. The van der Waals surface area contributed by atoms with Crippen molar-refractivity contribution < 1.29 is 17.9 Å². The minimum absolute atomic E-state index is 0.124. The fourth-order valence-corrected chi connectivity index (χ4v) is 3.89. The van der Waals surface area contributed by atoms with E-state index in [1.54, 1.807) is 48.7 Å². The maximum Gasteiger partial charge on any atom is 0.261 e. The highest BCUT2D eigenvalue weighted by Gasteiger charge is 2.15. The Morgan fingerprint density at radius 2 is 1.86 bits per heavy atom. The van der Waals surface area contributed by atoms with Gasteiger partial charge in [-0.05, 0) is 48.5 Å². The minimum atomic E-state index is -3.76. The van der Waals surface area contributed by atoms with E-state index in [0.29, 0.717) is 17.1 Å². The van der Waals surface area contributed by atoms with Crippen molar-refractivity contribution in [2.45, 2.75) is 11.4 Å². The summed E-state index contributed by atoms with van der Waals surface area (Å²) >= 11 is 3.27. The number of benzene rings is 2. The van der Waals surface area contributed by atoms with Crippen molar-refractivity contribution in [3.63, 3.8) is 0 Å². The number of sulfonamides is 1. The fraction of sp³-hybridized carbons (Fsp3) is 0.100. The van der Waals surface area contributed by atoms with Crippen molar-refractivity contribution in [3.8, 4) is 5.88 Å². The van der Waals surface area contributed by atoms with Gasteiger partial charge in [0.15, 0.2) is 0 Å².